The van der Waals surface area contributed by atoms with E-state index in [4.69, 9.17) is 5.10 Å². The number of carbonyl (C=O) groups is 1. The Balaban J connectivity index is 1.41. The van der Waals surface area contributed by atoms with Crippen molar-refractivity contribution in [2.45, 2.75) is 61.2 Å². The summed E-state index contributed by atoms with van der Waals surface area (Å²) in [6.07, 6.45) is 11.1. The number of fused-ring (bicyclic) bond motifs is 1. The van der Waals surface area contributed by atoms with Gasteiger partial charge in [0.15, 0.2) is 5.82 Å². The lowest BCUT2D eigenvalue weighted by atomic mass is 9.90. The lowest BCUT2D eigenvalue weighted by molar-refractivity contribution is -0.133. The summed E-state index contributed by atoms with van der Waals surface area (Å²) in [5.41, 5.74) is 4.80. The van der Waals surface area contributed by atoms with E-state index in [0.29, 0.717) is 18.1 Å². The average Bonchev–Trinajstić information content (AvgIpc) is 3.53. The summed E-state index contributed by atoms with van der Waals surface area (Å²) < 4.78 is 18.5. The van der Waals surface area contributed by atoms with Gasteiger partial charge in [0.1, 0.15) is 5.03 Å². The first kappa shape index (κ1) is 28.0. The molecule has 210 valence electrons. The quantitative estimate of drug-likeness (QED) is 0.270. The summed E-state index contributed by atoms with van der Waals surface area (Å²) >= 11 is 1.28. The Bertz CT molecular complexity index is 1520. The highest BCUT2D eigenvalue weighted by Gasteiger charge is 2.29. The molecule has 1 amide bonds. The fourth-order valence-electron chi connectivity index (χ4n) is 5.51. The number of halogens is 1. The highest BCUT2D eigenvalue weighted by Crippen LogP contribution is 2.38. The van der Waals surface area contributed by atoms with Gasteiger partial charge in [-0.2, -0.15) is 10.2 Å². The van der Waals surface area contributed by atoms with Crippen molar-refractivity contribution in [2.24, 2.45) is 4.99 Å². The second-order valence-electron chi connectivity index (χ2n) is 10.6. The molecular weight excluding hydrogens is 527 g/mol. The van der Waals surface area contributed by atoms with E-state index >= 15 is 0 Å². The Morgan fingerprint density at radius 1 is 1.20 bits per heavy atom. The second kappa shape index (κ2) is 11.9. The van der Waals surface area contributed by atoms with E-state index in [1.165, 1.54) is 17.8 Å². The van der Waals surface area contributed by atoms with Crippen molar-refractivity contribution in [3.8, 4) is 11.1 Å². The van der Waals surface area contributed by atoms with Crippen LogP contribution in [0, 0.1) is 12.7 Å². The first-order chi connectivity index (χ1) is 19.3. The molecule has 0 radical (unpaired) electrons. The second-order valence-corrected chi connectivity index (χ2v) is 11.7. The molecule has 1 fully saturated rings. The van der Waals surface area contributed by atoms with Crippen LogP contribution in [0.1, 0.15) is 43.0 Å². The Morgan fingerprint density at radius 2 is 1.98 bits per heavy atom. The lowest BCUT2D eigenvalue weighted by Gasteiger charge is -2.35. The standard InChI is InChI=1S/C29H35FN8OS/c1-19-24(16-34-38(19)23-10-8-22(9-11-23)36(5)27(39)18-35(3)4)20-13-26(40-29-25(30)7-6-12-32-29)28-21(14-31-2)15-33-37(28)17-20/h6-7,12-13,15-17,22-23H,2,8-11,14,18H2,1,3-5H3. The van der Waals surface area contributed by atoms with Crippen LogP contribution < -0.4 is 0 Å². The van der Waals surface area contributed by atoms with Gasteiger partial charge in [0.05, 0.1) is 37.0 Å². The molecule has 0 N–H and O–H groups in total. The maximum Gasteiger partial charge on any atom is 0.236 e. The van der Waals surface area contributed by atoms with Crippen LogP contribution in [-0.4, -0.2) is 80.5 Å². The van der Waals surface area contributed by atoms with Gasteiger partial charge in [-0.3, -0.25) is 14.5 Å². The molecule has 0 spiro atoms. The van der Waals surface area contributed by atoms with Crippen molar-refractivity contribution < 1.29 is 9.18 Å². The minimum atomic E-state index is -0.368. The largest absolute Gasteiger partial charge is 0.342 e. The first-order valence-electron chi connectivity index (χ1n) is 13.4. The number of carbonyl (C=O) groups excluding carboxylic acids is 1. The average molecular weight is 563 g/mol. The van der Waals surface area contributed by atoms with Gasteiger partial charge in [-0.15, -0.1) is 0 Å². The van der Waals surface area contributed by atoms with Crippen LogP contribution in [0.2, 0.25) is 0 Å². The van der Waals surface area contributed by atoms with Crippen LogP contribution >= 0.6 is 11.8 Å². The molecule has 0 saturated heterocycles. The summed E-state index contributed by atoms with van der Waals surface area (Å²) in [4.78, 5) is 25.5. The van der Waals surface area contributed by atoms with E-state index in [1.807, 2.05) is 47.9 Å². The third-order valence-corrected chi connectivity index (χ3v) is 8.65. The minimum Gasteiger partial charge on any atom is -0.342 e. The molecule has 0 aromatic carbocycles. The number of aromatic nitrogens is 5. The molecule has 9 nitrogen and oxygen atoms in total. The minimum absolute atomic E-state index is 0.159. The van der Waals surface area contributed by atoms with Crippen LogP contribution in [-0.2, 0) is 11.3 Å². The molecule has 11 heteroatoms. The van der Waals surface area contributed by atoms with Gasteiger partial charge in [0.2, 0.25) is 5.91 Å². The number of aliphatic imine (C=N–C) groups is 1. The predicted octanol–water partition coefficient (Wildman–Crippen LogP) is 4.90. The highest BCUT2D eigenvalue weighted by molar-refractivity contribution is 7.99. The van der Waals surface area contributed by atoms with Crippen LogP contribution in [0.3, 0.4) is 0 Å². The van der Waals surface area contributed by atoms with Gasteiger partial charge in [0.25, 0.3) is 0 Å². The fraction of sp³-hybridized carbons (Fsp3) is 0.414. The lowest BCUT2D eigenvalue weighted by Crippen LogP contribution is -2.43. The van der Waals surface area contributed by atoms with Crippen molar-refractivity contribution in [3.05, 3.63) is 60.1 Å². The van der Waals surface area contributed by atoms with Crippen LogP contribution in [0.15, 0.2) is 57.9 Å². The Kier molecular flexibility index (Phi) is 8.32. The Labute approximate surface area is 238 Å². The van der Waals surface area contributed by atoms with Gasteiger partial charge in [-0.05, 0) is 71.6 Å². The molecule has 5 rings (SSSR count). The van der Waals surface area contributed by atoms with E-state index in [0.717, 1.165) is 58.5 Å². The van der Waals surface area contributed by atoms with E-state index in [2.05, 4.69) is 39.5 Å². The number of pyridine rings is 2. The van der Waals surface area contributed by atoms with Crippen LogP contribution in [0.4, 0.5) is 4.39 Å². The molecule has 0 unspecified atom stereocenters. The topological polar surface area (TPSA) is 83.9 Å². The van der Waals surface area contributed by atoms with E-state index in [1.54, 1.807) is 18.5 Å². The predicted molar refractivity (Wildman–Crippen MR) is 155 cm³/mol. The van der Waals surface area contributed by atoms with Crippen molar-refractivity contribution in [1.82, 2.24) is 34.2 Å². The summed E-state index contributed by atoms with van der Waals surface area (Å²) in [7, 11) is 5.75. The Hall–Kier alpha value is -3.57. The summed E-state index contributed by atoms with van der Waals surface area (Å²) in [6, 6.07) is 5.59. The molecule has 0 bridgehead atoms. The molecule has 4 aromatic heterocycles. The van der Waals surface area contributed by atoms with Crippen molar-refractivity contribution in [1.29, 1.82) is 0 Å². The van der Waals surface area contributed by atoms with Crippen molar-refractivity contribution >= 4 is 29.9 Å². The van der Waals surface area contributed by atoms with Crippen molar-refractivity contribution in [3.63, 3.8) is 0 Å². The number of hydrogen-bond acceptors (Lipinski definition) is 7. The van der Waals surface area contributed by atoms with Gasteiger partial charge < -0.3 is 9.80 Å². The van der Waals surface area contributed by atoms with E-state index < -0.39 is 0 Å². The number of amides is 1. The van der Waals surface area contributed by atoms with Crippen molar-refractivity contribution in [2.75, 3.05) is 27.7 Å². The molecular formula is C29H35FN8OS. The van der Waals surface area contributed by atoms with E-state index in [-0.39, 0.29) is 23.8 Å². The summed E-state index contributed by atoms with van der Waals surface area (Å²) in [5, 5.41) is 9.67. The third-order valence-electron chi connectivity index (χ3n) is 7.63. The first-order valence-corrected chi connectivity index (χ1v) is 14.2. The van der Waals surface area contributed by atoms with Gasteiger partial charge in [-0.25, -0.2) is 13.9 Å². The zero-order chi connectivity index (χ0) is 28.4. The monoisotopic (exact) mass is 562 g/mol. The summed E-state index contributed by atoms with van der Waals surface area (Å²) in [5.74, 6) is -0.209. The highest BCUT2D eigenvalue weighted by atomic mass is 32.2. The van der Waals surface area contributed by atoms with Gasteiger partial charge in [-0.1, -0.05) is 11.8 Å². The van der Waals surface area contributed by atoms with E-state index in [9.17, 15) is 9.18 Å². The number of rotatable bonds is 9. The SMILES string of the molecule is C=NCc1cnn2cc(-c3cnn(C4CCC(N(C)C(=O)CN(C)C)CC4)c3C)cc(Sc3ncccc3F)c12. The molecule has 1 saturated carbocycles. The molecule has 1 aliphatic carbocycles. The fourth-order valence-corrected chi connectivity index (χ4v) is 6.50. The zero-order valence-electron chi connectivity index (χ0n) is 23.4. The van der Waals surface area contributed by atoms with Gasteiger partial charge >= 0.3 is 0 Å². The third kappa shape index (κ3) is 5.66. The number of nitrogens with zero attached hydrogens (tertiary/aromatic N) is 8. The molecule has 0 atom stereocenters. The Morgan fingerprint density at radius 3 is 2.67 bits per heavy atom. The van der Waals surface area contributed by atoms with Crippen LogP contribution in [0.5, 0.6) is 0 Å². The molecule has 1 aliphatic rings. The summed E-state index contributed by atoms with van der Waals surface area (Å²) in [6.45, 7) is 6.56. The smallest absolute Gasteiger partial charge is 0.236 e. The van der Waals surface area contributed by atoms with Gasteiger partial charge in [0, 0.05) is 52.8 Å². The number of likely N-dealkylation sites (N-methyl/N-ethyl adjacent to an activating group) is 2. The maximum atomic E-state index is 14.6. The normalized spacial score (nSPS) is 17.4. The molecule has 40 heavy (non-hydrogen) atoms. The molecule has 0 aliphatic heterocycles. The number of hydrogen-bond donors (Lipinski definition) is 0. The zero-order valence-corrected chi connectivity index (χ0v) is 24.2. The molecule has 4 heterocycles. The van der Waals surface area contributed by atoms with Crippen LogP contribution in [0.25, 0.3) is 16.6 Å². The maximum absolute atomic E-state index is 14.6. The molecule has 4 aromatic rings.